The average Bonchev–Trinajstić information content (AvgIpc) is 2.84. The van der Waals surface area contributed by atoms with Gasteiger partial charge in [0.25, 0.3) is 11.6 Å². The second-order valence-electron chi connectivity index (χ2n) is 8.30. The highest BCUT2D eigenvalue weighted by Crippen LogP contribution is 2.32. The predicted molar refractivity (Wildman–Crippen MR) is 127 cm³/mol. The molecule has 1 unspecified atom stereocenters. The van der Waals surface area contributed by atoms with Crippen LogP contribution in [0, 0.1) is 16.0 Å². The number of likely N-dealkylation sites (tertiary alicyclic amines) is 1. The standard InChI is InChI=1S/C23H24Cl2N4O4/c24-18-5-3-16(4-6-18)22(30)28-9-1-2-17(15-28)23(31)27-12-10-26(11-13-27)20-8-7-19(25)14-21(20)29(32)33/h3-8,14,17H,1-2,9-13,15H2. The number of piperidine rings is 1. The van der Waals surface area contributed by atoms with E-state index in [2.05, 4.69) is 0 Å². The van der Waals surface area contributed by atoms with Crippen molar-refractivity contribution in [1.29, 1.82) is 0 Å². The third-order valence-corrected chi connectivity index (χ3v) is 6.70. The SMILES string of the molecule is O=C(c1ccc(Cl)cc1)N1CCCC(C(=O)N2CCN(c3ccc(Cl)cc3[N+](=O)[O-])CC2)C1. The summed E-state index contributed by atoms with van der Waals surface area (Å²) in [5.74, 6) is -0.302. The summed E-state index contributed by atoms with van der Waals surface area (Å²) < 4.78 is 0. The first-order valence-corrected chi connectivity index (χ1v) is 11.6. The van der Waals surface area contributed by atoms with Crippen LogP contribution in [0.5, 0.6) is 0 Å². The van der Waals surface area contributed by atoms with E-state index in [1.165, 1.54) is 6.07 Å². The zero-order valence-electron chi connectivity index (χ0n) is 18.0. The molecule has 2 aliphatic heterocycles. The smallest absolute Gasteiger partial charge is 0.294 e. The zero-order chi connectivity index (χ0) is 23.5. The number of nitro groups is 1. The van der Waals surface area contributed by atoms with Crippen molar-refractivity contribution in [2.75, 3.05) is 44.2 Å². The van der Waals surface area contributed by atoms with Gasteiger partial charge in [-0.3, -0.25) is 19.7 Å². The van der Waals surface area contributed by atoms with Gasteiger partial charge in [-0.2, -0.15) is 0 Å². The predicted octanol–water partition coefficient (Wildman–Crippen LogP) is 4.10. The largest absolute Gasteiger partial charge is 0.362 e. The summed E-state index contributed by atoms with van der Waals surface area (Å²) in [6, 6.07) is 11.4. The lowest BCUT2D eigenvalue weighted by Gasteiger charge is -2.39. The van der Waals surface area contributed by atoms with Crippen LogP contribution in [0.1, 0.15) is 23.2 Å². The molecule has 0 aliphatic carbocycles. The Hall–Kier alpha value is -2.84. The molecule has 0 bridgehead atoms. The van der Waals surface area contributed by atoms with Gasteiger partial charge in [0, 0.05) is 60.9 Å². The Bertz CT molecular complexity index is 1050. The van der Waals surface area contributed by atoms with Gasteiger partial charge in [0.15, 0.2) is 0 Å². The molecule has 1 atom stereocenters. The van der Waals surface area contributed by atoms with Crippen LogP contribution in [-0.2, 0) is 4.79 Å². The summed E-state index contributed by atoms with van der Waals surface area (Å²) in [4.78, 5) is 42.5. The number of amides is 2. The molecule has 2 aromatic carbocycles. The summed E-state index contributed by atoms with van der Waals surface area (Å²) in [7, 11) is 0. The van der Waals surface area contributed by atoms with Crippen LogP contribution < -0.4 is 4.90 Å². The van der Waals surface area contributed by atoms with Crippen molar-refractivity contribution < 1.29 is 14.5 Å². The van der Waals surface area contributed by atoms with Crippen molar-refractivity contribution in [3.63, 3.8) is 0 Å². The van der Waals surface area contributed by atoms with Crippen LogP contribution in [0.4, 0.5) is 11.4 Å². The van der Waals surface area contributed by atoms with Gasteiger partial charge in [0.2, 0.25) is 5.91 Å². The summed E-state index contributed by atoms with van der Waals surface area (Å²) in [5.41, 5.74) is 1.03. The van der Waals surface area contributed by atoms with Gasteiger partial charge in [-0.25, -0.2) is 0 Å². The number of anilines is 1. The number of nitrogens with zero attached hydrogens (tertiary/aromatic N) is 4. The first kappa shape index (κ1) is 23.3. The highest BCUT2D eigenvalue weighted by atomic mass is 35.5. The maximum Gasteiger partial charge on any atom is 0.294 e. The Morgan fingerprint density at radius 2 is 1.58 bits per heavy atom. The molecule has 10 heteroatoms. The minimum absolute atomic E-state index is 0.0360. The molecule has 0 spiro atoms. The number of rotatable bonds is 4. The number of carbonyl (C=O) groups is 2. The Morgan fingerprint density at radius 1 is 0.909 bits per heavy atom. The lowest BCUT2D eigenvalue weighted by molar-refractivity contribution is -0.384. The molecular formula is C23H24Cl2N4O4. The van der Waals surface area contributed by atoms with Gasteiger partial charge in [-0.05, 0) is 49.2 Å². The summed E-state index contributed by atoms with van der Waals surface area (Å²) in [6.45, 7) is 2.95. The Kier molecular flexibility index (Phi) is 7.05. The monoisotopic (exact) mass is 490 g/mol. The number of hydrogen-bond donors (Lipinski definition) is 0. The number of halogens is 2. The van der Waals surface area contributed by atoms with Crippen LogP contribution in [-0.4, -0.2) is 65.8 Å². The van der Waals surface area contributed by atoms with Crippen LogP contribution >= 0.6 is 23.2 Å². The van der Waals surface area contributed by atoms with Crippen molar-refractivity contribution in [3.05, 3.63) is 68.2 Å². The van der Waals surface area contributed by atoms with E-state index < -0.39 is 4.92 Å². The normalized spacial score (nSPS) is 18.8. The molecule has 0 N–H and O–H groups in total. The summed E-state index contributed by atoms with van der Waals surface area (Å²) >= 11 is 11.8. The first-order chi connectivity index (χ1) is 15.8. The molecule has 4 rings (SSSR count). The average molecular weight is 491 g/mol. The van der Waals surface area contributed by atoms with Gasteiger partial charge in [-0.1, -0.05) is 23.2 Å². The molecule has 2 aromatic rings. The Balaban J connectivity index is 1.37. The molecule has 0 saturated carbocycles. The maximum atomic E-state index is 13.2. The van der Waals surface area contributed by atoms with Crippen molar-refractivity contribution in [1.82, 2.24) is 9.80 Å². The quantitative estimate of drug-likeness (QED) is 0.475. The molecule has 0 aromatic heterocycles. The van der Waals surface area contributed by atoms with Gasteiger partial charge in [-0.15, -0.1) is 0 Å². The van der Waals surface area contributed by atoms with E-state index in [1.807, 2.05) is 4.90 Å². The fourth-order valence-electron chi connectivity index (χ4n) is 4.47. The van der Waals surface area contributed by atoms with Gasteiger partial charge in [0.1, 0.15) is 5.69 Å². The van der Waals surface area contributed by atoms with Crippen LogP contribution in [0.15, 0.2) is 42.5 Å². The molecule has 8 nitrogen and oxygen atoms in total. The highest BCUT2D eigenvalue weighted by Gasteiger charge is 2.33. The molecule has 2 saturated heterocycles. The lowest BCUT2D eigenvalue weighted by Crippen LogP contribution is -2.53. The lowest BCUT2D eigenvalue weighted by atomic mass is 9.95. The van der Waals surface area contributed by atoms with Crippen molar-refractivity contribution in [3.8, 4) is 0 Å². The molecule has 2 fully saturated rings. The maximum absolute atomic E-state index is 13.2. The molecule has 2 aliphatic rings. The van der Waals surface area contributed by atoms with Crippen molar-refractivity contribution in [2.45, 2.75) is 12.8 Å². The highest BCUT2D eigenvalue weighted by molar-refractivity contribution is 6.31. The number of nitro benzene ring substituents is 1. The second-order valence-corrected chi connectivity index (χ2v) is 9.17. The minimum atomic E-state index is -0.437. The van der Waals surface area contributed by atoms with E-state index in [0.717, 1.165) is 12.8 Å². The zero-order valence-corrected chi connectivity index (χ0v) is 19.5. The molecule has 2 heterocycles. The first-order valence-electron chi connectivity index (χ1n) is 10.9. The Labute approximate surface area is 201 Å². The number of carbonyl (C=O) groups excluding carboxylic acids is 2. The number of piperazine rings is 1. The van der Waals surface area contributed by atoms with Gasteiger partial charge >= 0.3 is 0 Å². The molecular weight excluding hydrogens is 467 g/mol. The van der Waals surface area contributed by atoms with E-state index in [9.17, 15) is 19.7 Å². The van der Waals surface area contributed by atoms with Crippen LogP contribution in [0.2, 0.25) is 10.0 Å². The molecule has 0 radical (unpaired) electrons. The molecule has 33 heavy (non-hydrogen) atoms. The fourth-order valence-corrected chi connectivity index (χ4v) is 4.77. The van der Waals surface area contributed by atoms with Gasteiger partial charge in [0.05, 0.1) is 10.8 Å². The van der Waals surface area contributed by atoms with E-state index in [-0.39, 0.29) is 23.4 Å². The fraction of sp³-hybridized carbons (Fsp3) is 0.391. The van der Waals surface area contributed by atoms with E-state index in [1.54, 1.807) is 46.2 Å². The molecule has 2 amide bonds. The van der Waals surface area contributed by atoms with Gasteiger partial charge < -0.3 is 14.7 Å². The van der Waals surface area contributed by atoms with Crippen molar-refractivity contribution in [2.24, 2.45) is 5.92 Å². The van der Waals surface area contributed by atoms with E-state index in [0.29, 0.717) is 60.6 Å². The third-order valence-electron chi connectivity index (χ3n) is 6.22. The van der Waals surface area contributed by atoms with E-state index >= 15 is 0 Å². The van der Waals surface area contributed by atoms with Crippen LogP contribution in [0.3, 0.4) is 0 Å². The van der Waals surface area contributed by atoms with Crippen molar-refractivity contribution >= 4 is 46.4 Å². The topological polar surface area (TPSA) is 87.0 Å². The number of hydrogen-bond acceptors (Lipinski definition) is 5. The van der Waals surface area contributed by atoms with Crippen LogP contribution in [0.25, 0.3) is 0 Å². The number of benzene rings is 2. The molecule has 174 valence electrons. The minimum Gasteiger partial charge on any atom is -0.362 e. The summed E-state index contributed by atoms with van der Waals surface area (Å²) in [6.07, 6.45) is 1.51. The Morgan fingerprint density at radius 3 is 2.24 bits per heavy atom. The van der Waals surface area contributed by atoms with E-state index in [4.69, 9.17) is 23.2 Å². The third kappa shape index (κ3) is 5.23. The summed E-state index contributed by atoms with van der Waals surface area (Å²) in [5, 5.41) is 12.3. The second kappa shape index (κ2) is 9.97.